The second-order valence-corrected chi connectivity index (χ2v) is 7.55. The van der Waals surface area contributed by atoms with Crippen molar-refractivity contribution in [2.45, 2.75) is 45.7 Å². The van der Waals surface area contributed by atoms with E-state index in [9.17, 15) is 0 Å². The molecule has 1 aromatic carbocycles. The van der Waals surface area contributed by atoms with Gasteiger partial charge in [-0.2, -0.15) is 10.1 Å². The predicted octanol–water partition coefficient (Wildman–Crippen LogP) is 2.92. The Morgan fingerprint density at radius 3 is 2.93 bits per heavy atom. The van der Waals surface area contributed by atoms with Gasteiger partial charge < -0.3 is 15.2 Å². The number of aryl methyl sites for hydroxylation is 2. The molecule has 0 fully saturated rings. The zero-order valence-electron chi connectivity index (χ0n) is 17.1. The second-order valence-electron chi connectivity index (χ2n) is 7.11. The molecule has 30 heavy (non-hydrogen) atoms. The van der Waals surface area contributed by atoms with Crippen LogP contribution < -0.4 is 10.6 Å². The number of benzene rings is 1. The fourth-order valence-electron chi connectivity index (χ4n) is 3.43. The lowest BCUT2D eigenvalue weighted by molar-refractivity contribution is 0.380. The molecule has 3 aromatic rings. The highest BCUT2D eigenvalue weighted by molar-refractivity contribution is 6.30. The topological polar surface area (TPSA) is 106 Å². The highest BCUT2D eigenvalue weighted by Crippen LogP contribution is 2.23. The number of hydrogen-bond donors (Lipinski definition) is 2. The van der Waals surface area contributed by atoms with Crippen molar-refractivity contribution in [1.82, 2.24) is 35.5 Å². The van der Waals surface area contributed by atoms with E-state index in [1.165, 1.54) is 0 Å². The maximum Gasteiger partial charge on any atom is 0.228 e. The average Bonchev–Trinajstić information content (AvgIpc) is 3.35. The van der Waals surface area contributed by atoms with Crippen molar-refractivity contribution in [1.29, 1.82) is 0 Å². The third-order valence-corrected chi connectivity index (χ3v) is 5.05. The number of aliphatic imine (C=N–C) groups is 1. The molecule has 0 spiro atoms. The van der Waals surface area contributed by atoms with E-state index in [4.69, 9.17) is 16.1 Å². The SMILES string of the molecule is CCNC(=NCCc1nc(-c2ccc(Cl)cc2)no1)NC1CCCn2nc(C)nc21. The lowest BCUT2D eigenvalue weighted by atomic mass is 10.1. The maximum atomic E-state index is 5.93. The van der Waals surface area contributed by atoms with Gasteiger partial charge in [-0.1, -0.05) is 16.8 Å². The van der Waals surface area contributed by atoms with Gasteiger partial charge >= 0.3 is 0 Å². The maximum absolute atomic E-state index is 5.93. The molecular weight excluding hydrogens is 404 g/mol. The molecule has 2 N–H and O–H groups in total. The van der Waals surface area contributed by atoms with Crippen molar-refractivity contribution in [3.8, 4) is 11.4 Å². The van der Waals surface area contributed by atoms with Crippen LogP contribution in [0.5, 0.6) is 0 Å². The van der Waals surface area contributed by atoms with E-state index in [-0.39, 0.29) is 6.04 Å². The summed E-state index contributed by atoms with van der Waals surface area (Å²) < 4.78 is 7.35. The van der Waals surface area contributed by atoms with E-state index >= 15 is 0 Å². The van der Waals surface area contributed by atoms with Gasteiger partial charge in [0.05, 0.1) is 12.6 Å². The fraction of sp³-hybridized carbons (Fsp3) is 0.450. The highest BCUT2D eigenvalue weighted by atomic mass is 35.5. The smallest absolute Gasteiger partial charge is 0.228 e. The minimum Gasteiger partial charge on any atom is -0.357 e. The summed E-state index contributed by atoms with van der Waals surface area (Å²) in [5.41, 5.74) is 0.865. The van der Waals surface area contributed by atoms with Gasteiger partial charge in [0.1, 0.15) is 11.6 Å². The quantitative estimate of drug-likeness (QED) is 0.459. The van der Waals surface area contributed by atoms with E-state index in [1.54, 1.807) is 12.1 Å². The van der Waals surface area contributed by atoms with Gasteiger partial charge in [0, 0.05) is 30.1 Å². The van der Waals surface area contributed by atoms with Gasteiger partial charge in [0.15, 0.2) is 5.96 Å². The Hall–Kier alpha value is -2.94. The number of rotatable bonds is 6. The molecule has 1 unspecified atom stereocenters. The summed E-state index contributed by atoms with van der Waals surface area (Å²) in [5.74, 6) is 3.61. The van der Waals surface area contributed by atoms with Crippen LogP contribution in [0, 0.1) is 6.92 Å². The summed E-state index contributed by atoms with van der Waals surface area (Å²) >= 11 is 5.93. The van der Waals surface area contributed by atoms with Crippen LogP contribution in [0.25, 0.3) is 11.4 Å². The number of guanidine groups is 1. The molecule has 2 aromatic heterocycles. The molecule has 0 radical (unpaired) electrons. The normalized spacial score (nSPS) is 16.4. The minimum atomic E-state index is 0.0951. The summed E-state index contributed by atoms with van der Waals surface area (Å²) in [6, 6.07) is 7.44. The van der Waals surface area contributed by atoms with Crippen molar-refractivity contribution in [2.24, 2.45) is 4.99 Å². The first-order valence-electron chi connectivity index (χ1n) is 10.2. The largest absolute Gasteiger partial charge is 0.357 e. The Morgan fingerprint density at radius 2 is 2.13 bits per heavy atom. The number of nitrogens with zero attached hydrogens (tertiary/aromatic N) is 6. The van der Waals surface area contributed by atoms with Crippen molar-refractivity contribution in [3.05, 3.63) is 46.8 Å². The first-order chi connectivity index (χ1) is 14.6. The summed E-state index contributed by atoms with van der Waals surface area (Å²) in [7, 11) is 0. The number of fused-ring (bicyclic) bond motifs is 1. The molecule has 4 rings (SSSR count). The van der Waals surface area contributed by atoms with Crippen LogP contribution in [0.4, 0.5) is 0 Å². The highest BCUT2D eigenvalue weighted by Gasteiger charge is 2.24. The standard InChI is InChI=1S/C20H25ClN8O/c1-3-22-20(25-16-5-4-12-29-19(16)24-13(2)27-29)23-11-10-17-26-18(28-30-17)14-6-8-15(21)9-7-14/h6-9,16H,3-5,10-12H2,1-2H3,(H2,22,23,25). The van der Waals surface area contributed by atoms with Crippen LogP contribution in [-0.2, 0) is 13.0 Å². The summed E-state index contributed by atoms with van der Waals surface area (Å²) in [6.07, 6.45) is 2.61. The molecule has 1 atom stereocenters. The molecule has 0 saturated carbocycles. The van der Waals surface area contributed by atoms with E-state index < -0.39 is 0 Å². The Kier molecular flexibility index (Phi) is 6.27. The van der Waals surface area contributed by atoms with Crippen molar-refractivity contribution < 1.29 is 4.52 Å². The van der Waals surface area contributed by atoms with E-state index in [2.05, 4.69) is 35.8 Å². The minimum absolute atomic E-state index is 0.0951. The Morgan fingerprint density at radius 1 is 1.30 bits per heavy atom. The van der Waals surface area contributed by atoms with Gasteiger partial charge in [-0.3, -0.25) is 4.99 Å². The Balaban J connectivity index is 1.38. The fourth-order valence-corrected chi connectivity index (χ4v) is 3.55. The third-order valence-electron chi connectivity index (χ3n) is 4.80. The molecule has 1 aliphatic heterocycles. The number of halogens is 1. The number of hydrogen-bond acceptors (Lipinski definition) is 6. The Bertz CT molecular complexity index is 1010. The van der Waals surface area contributed by atoms with Crippen molar-refractivity contribution in [2.75, 3.05) is 13.1 Å². The Labute approximate surface area is 179 Å². The van der Waals surface area contributed by atoms with Crippen LogP contribution in [0.15, 0.2) is 33.8 Å². The van der Waals surface area contributed by atoms with Gasteiger partial charge in [-0.25, -0.2) is 9.67 Å². The van der Waals surface area contributed by atoms with E-state index in [0.717, 1.165) is 49.1 Å². The van der Waals surface area contributed by atoms with Gasteiger partial charge in [0.25, 0.3) is 0 Å². The summed E-state index contributed by atoms with van der Waals surface area (Å²) in [6.45, 7) is 6.17. The van der Waals surface area contributed by atoms with Crippen LogP contribution >= 0.6 is 11.6 Å². The number of aromatic nitrogens is 5. The molecule has 0 saturated heterocycles. The molecule has 1 aliphatic rings. The molecule has 0 aliphatic carbocycles. The molecular formula is C20H25ClN8O. The molecule has 0 bridgehead atoms. The average molecular weight is 429 g/mol. The van der Waals surface area contributed by atoms with E-state index in [1.807, 2.05) is 30.7 Å². The molecule has 158 valence electrons. The number of nitrogens with one attached hydrogen (secondary N) is 2. The molecule has 3 heterocycles. The first-order valence-corrected chi connectivity index (χ1v) is 10.5. The van der Waals surface area contributed by atoms with Gasteiger partial charge in [-0.15, -0.1) is 0 Å². The lowest BCUT2D eigenvalue weighted by Crippen LogP contribution is -2.41. The van der Waals surface area contributed by atoms with Crippen LogP contribution in [0.1, 0.15) is 43.3 Å². The van der Waals surface area contributed by atoms with E-state index in [0.29, 0.717) is 29.7 Å². The summed E-state index contributed by atoms with van der Waals surface area (Å²) in [4.78, 5) is 13.7. The second kappa shape index (κ2) is 9.25. The van der Waals surface area contributed by atoms with Crippen molar-refractivity contribution >= 4 is 17.6 Å². The zero-order valence-corrected chi connectivity index (χ0v) is 17.9. The summed E-state index contributed by atoms with van der Waals surface area (Å²) in [5, 5.41) is 16.0. The molecule has 9 nitrogen and oxygen atoms in total. The zero-order chi connectivity index (χ0) is 20.9. The molecule has 10 heteroatoms. The van der Waals surface area contributed by atoms with Crippen LogP contribution in [0.2, 0.25) is 5.02 Å². The third kappa shape index (κ3) is 4.79. The lowest BCUT2D eigenvalue weighted by Gasteiger charge is -2.24. The van der Waals surface area contributed by atoms with Crippen LogP contribution in [0.3, 0.4) is 0 Å². The molecule has 0 amide bonds. The van der Waals surface area contributed by atoms with Crippen molar-refractivity contribution in [3.63, 3.8) is 0 Å². The van der Waals surface area contributed by atoms with Gasteiger partial charge in [-0.05, 0) is 51.0 Å². The van der Waals surface area contributed by atoms with Crippen LogP contribution in [-0.4, -0.2) is 44.0 Å². The predicted molar refractivity (Wildman–Crippen MR) is 114 cm³/mol. The monoisotopic (exact) mass is 428 g/mol. The first kappa shape index (κ1) is 20.3. The van der Waals surface area contributed by atoms with Gasteiger partial charge in [0.2, 0.25) is 11.7 Å².